The summed E-state index contributed by atoms with van der Waals surface area (Å²) in [7, 11) is -1.11. The first-order chi connectivity index (χ1) is 16.8. The molecule has 2 N–H and O–H groups in total. The van der Waals surface area contributed by atoms with Crippen LogP contribution in [-0.4, -0.2) is 40.6 Å². The monoisotopic (exact) mass is 496 g/mol. The summed E-state index contributed by atoms with van der Waals surface area (Å²) in [6.45, 7) is 1.92. The lowest BCUT2D eigenvalue weighted by Gasteiger charge is -2.22. The number of nitrogens with one attached hydrogen (secondary N) is 2. The molecule has 0 bridgehead atoms. The van der Waals surface area contributed by atoms with E-state index in [1.165, 1.54) is 38.0 Å². The molecule has 2 atom stereocenters. The van der Waals surface area contributed by atoms with Gasteiger partial charge >= 0.3 is 0 Å². The summed E-state index contributed by atoms with van der Waals surface area (Å²) in [5.74, 6) is 0.324. The van der Waals surface area contributed by atoms with Gasteiger partial charge in [-0.2, -0.15) is 4.72 Å². The Labute approximate surface area is 207 Å². The van der Waals surface area contributed by atoms with Gasteiger partial charge in [0.15, 0.2) is 11.5 Å². The number of amides is 1. The third kappa shape index (κ3) is 7.56. The molecule has 0 saturated carbocycles. The van der Waals surface area contributed by atoms with Crippen molar-refractivity contribution >= 4 is 15.9 Å². The zero-order valence-electron chi connectivity index (χ0n) is 20.2. The second-order valence-corrected chi connectivity index (χ2v) is 10.0. The fourth-order valence-corrected chi connectivity index (χ4v) is 4.93. The highest BCUT2D eigenvalue weighted by atomic mass is 32.2. The van der Waals surface area contributed by atoms with E-state index < -0.39 is 16.1 Å². The average Bonchev–Trinajstić information content (AvgIpc) is 2.87. The van der Waals surface area contributed by atoms with Crippen molar-refractivity contribution in [2.24, 2.45) is 0 Å². The number of rotatable bonds is 12. The molecule has 3 aromatic rings. The maximum absolute atomic E-state index is 13.2. The van der Waals surface area contributed by atoms with E-state index in [2.05, 4.69) is 10.0 Å². The van der Waals surface area contributed by atoms with Crippen LogP contribution in [0.5, 0.6) is 11.5 Å². The van der Waals surface area contributed by atoms with Crippen molar-refractivity contribution in [3.63, 3.8) is 0 Å². The third-order valence-electron chi connectivity index (χ3n) is 5.66. The highest BCUT2D eigenvalue weighted by molar-refractivity contribution is 7.89. The van der Waals surface area contributed by atoms with Crippen molar-refractivity contribution in [3.05, 3.63) is 90.0 Å². The molecule has 0 aliphatic heterocycles. The van der Waals surface area contributed by atoms with E-state index in [1.54, 1.807) is 0 Å². The number of benzene rings is 3. The number of sulfonamides is 1. The number of methoxy groups -OCH3 is 2. The molecule has 0 heterocycles. The molecule has 0 aliphatic carbocycles. The van der Waals surface area contributed by atoms with Crippen molar-refractivity contribution in [2.45, 2.75) is 43.2 Å². The van der Waals surface area contributed by atoms with Gasteiger partial charge in [-0.15, -0.1) is 0 Å². The van der Waals surface area contributed by atoms with E-state index in [0.29, 0.717) is 5.75 Å². The number of aryl methyl sites for hydroxylation is 1. The first-order valence-electron chi connectivity index (χ1n) is 11.4. The largest absolute Gasteiger partial charge is 0.493 e. The molecule has 0 aromatic heterocycles. The highest BCUT2D eigenvalue weighted by Gasteiger charge is 2.27. The lowest BCUT2D eigenvalue weighted by atomic mass is 10.0. The number of hydrogen-bond acceptors (Lipinski definition) is 5. The molecule has 3 rings (SSSR count). The highest BCUT2D eigenvalue weighted by Crippen LogP contribution is 2.29. The molecule has 7 nitrogen and oxygen atoms in total. The minimum absolute atomic E-state index is 0.0156. The summed E-state index contributed by atoms with van der Waals surface area (Å²) >= 11 is 0. The Hall–Kier alpha value is -3.36. The van der Waals surface area contributed by atoms with Gasteiger partial charge in [0.2, 0.25) is 15.9 Å². The van der Waals surface area contributed by atoms with Gasteiger partial charge in [0.05, 0.1) is 19.1 Å². The van der Waals surface area contributed by atoms with E-state index in [4.69, 9.17) is 9.47 Å². The molecule has 0 aliphatic rings. The SMILES string of the molecule is COc1ccc(S(=O)(=O)N[C@@H](Cc2ccccc2)C(=O)N[C@H](C)CCc2ccccc2)cc1OC. The maximum Gasteiger partial charge on any atom is 0.241 e. The van der Waals surface area contributed by atoms with Gasteiger partial charge in [-0.05, 0) is 49.4 Å². The molecule has 35 heavy (non-hydrogen) atoms. The van der Waals surface area contributed by atoms with Crippen LogP contribution in [0.1, 0.15) is 24.5 Å². The fourth-order valence-electron chi connectivity index (χ4n) is 3.72. The number of carbonyl (C=O) groups is 1. The van der Waals surface area contributed by atoms with E-state index in [1.807, 2.05) is 67.6 Å². The Bertz CT molecular complexity index is 1200. The van der Waals surface area contributed by atoms with Crippen molar-refractivity contribution in [1.29, 1.82) is 0 Å². The Morgan fingerprint density at radius 3 is 2.06 bits per heavy atom. The fraction of sp³-hybridized carbons (Fsp3) is 0.296. The molecule has 186 valence electrons. The van der Waals surface area contributed by atoms with Crippen LogP contribution in [0, 0.1) is 0 Å². The molecule has 0 spiro atoms. The van der Waals surface area contributed by atoms with Crippen LogP contribution in [0.15, 0.2) is 83.8 Å². The van der Waals surface area contributed by atoms with Crippen molar-refractivity contribution < 1.29 is 22.7 Å². The summed E-state index contributed by atoms with van der Waals surface area (Å²) in [4.78, 5) is 13.2. The van der Waals surface area contributed by atoms with Gasteiger partial charge in [0.1, 0.15) is 6.04 Å². The van der Waals surface area contributed by atoms with E-state index in [-0.39, 0.29) is 29.0 Å². The Kier molecular flexibility index (Phi) is 9.28. The first-order valence-corrected chi connectivity index (χ1v) is 12.9. The first kappa shape index (κ1) is 26.2. The van der Waals surface area contributed by atoms with Crippen molar-refractivity contribution in [3.8, 4) is 11.5 Å². The van der Waals surface area contributed by atoms with Crippen LogP contribution in [0.3, 0.4) is 0 Å². The maximum atomic E-state index is 13.2. The topological polar surface area (TPSA) is 93.7 Å². The van der Waals surface area contributed by atoms with E-state index >= 15 is 0 Å². The second kappa shape index (κ2) is 12.4. The van der Waals surface area contributed by atoms with Crippen LogP contribution in [0.4, 0.5) is 0 Å². The number of hydrogen-bond donors (Lipinski definition) is 2. The molecular weight excluding hydrogens is 464 g/mol. The van der Waals surface area contributed by atoms with E-state index in [9.17, 15) is 13.2 Å². The molecule has 3 aromatic carbocycles. The molecule has 1 amide bonds. The zero-order valence-corrected chi connectivity index (χ0v) is 21.0. The summed E-state index contributed by atoms with van der Waals surface area (Å²) in [5.41, 5.74) is 2.03. The third-order valence-corrected chi connectivity index (χ3v) is 7.13. The number of carbonyl (C=O) groups excluding carboxylic acids is 1. The van der Waals surface area contributed by atoms with Gasteiger partial charge in [0, 0.05) is 12.1 Å². The molecular formula is C27H32N2O5S. The van der Waals surface area contributed by atoms with Crippen LogP contribution in [-0.2, 0) is 27.7 Å². The predicted octanol–water partition coefficient (Wildman–Crippen LogP) is 3.73. The quantitative estimate of drug-likeness (QED) is 0.399. The lowest BCUT2D eigenvalue weighted by molar-refractivity contribution is -0.123. The second-order valence-electron chi connectivity index (χ2n) is 8.31. The van der Waals surface area contributed by atoms with Gasteiger partial charge < -0.3 is 14.8 Å². The van der Waals surface area contributed by atoms with Crippen molar-refractivity contribution in [1.82, 2.24) is 10.0 Å². The normalized spacial score (nSPS) is 13.0. The minimum atomic E-state index is -4.02. The Balaban J connectivity index is 1.76. The average molecular weight is 497 g/mol. The smallest absolute Gasteiger partial charge is 0.241 e. The van der Waals surface area contributed by atoms with Crippen LogP contribution in [0.25, 0.3) is 0 Å². The number of ether oxygens (including phenoxy) is 2. The summed E-state index contributed by atoms with van der Waals surface area (Å²) in [6, 6.07) is 22.5. The molecule has 0 unspecified atom stereocenters. The zero-order chi connectivity index (χ0) is 25.3. The Morgan fingerprint density at radius 1 is 0.857 bits per heavy atom. The van der Waals surface area contributed by atoms with Crippen molar-refractivity contribution in [2.75, 3.05) is 14.2 Å². The molecule has 0 radical (unpaired) electrons. The van der Waals surface area contributed by atoms with Gasteiger partial charge in [-0.1, -0.05) is 60.7 Å². The van der Waals surface area contributed by atoms with Crippen LogP contribution < -0.4 is 19.5 Å². The minimum Gasteiger partial charge on any atom is -0.493 e. The lowest BCUT2D eigenvalue weighted by Crippen LogP contribution is -2.50. The summed E-state index contributed by atoms with van der Waals surface area (Å²) in [5, 5.41) is 2.97. The predicted molar refractivity (Wildman–Crippen MR) is 136 cm³/mol. The van der Waals surface area contributed by atoms with Crippen LogP contribution in [0.2, 0.25) is 0 Å². The summed E-state index contributed by atoms with van der Waals surface area (Å²) in [6.07, 6.45) is 1.75. The molecule has 0 saturated heterocycles. The van der Waals surface area contributed by atoms with Gasteiger partial charge in [0.25, 0.3) is 0 Å². The van der Waals surface area contributed by atoms with Crippen LogP contribution >= 0.6 is 0 Å². The Morgan fingerprint density at radius 2 is 1.46 bits per heavy atom. The summed E-state index contributed by atoms with van der Waals surface area (Å²) < 4.78 is 39.5. The molecule has 0 fully saturated rings. The standard InChI is InChI=1S/C27H32N2O5S/c1-20(14-15-21-10-6-4-7-11-21)28-27(30)24(18-22-12-8-5-9-13-22)29-35(31,32)23-16-17-25(33-2)26(19-23)34-3/h4-13,16-17,19-20,24,29H,14-15,18H2,1-3H3,(H,28,30)/t20-,24+/m1/s1. The van der Waals surface area contributed by atoms with E-state index in [0.717, 1.165) is 18.4 Å². The van der Waals surface area contributed by atoms with Gasteiger partial charge in [-0.3, -0.25) is 4.79 Å². The molecule has 8 heteroatoms. The van der Waals surface area contributed by atoms with Gasteiger partial charge in [-0.25, -0.2) is 8.42 Å².